The standard InChI is InChI=1S/C16H18Cl2N2O2/c1-4-20-15(16(21)22-5-2)14(10(3)19-20)8-11-6-12(17)9-13(18)7-11/h6-7,9H,4-5,8H2,1-3H3. The Morgan fingerprint density at radius 3 is 2.41 bits per heavy atom. The first-order valence-corrected chi connectivity index (χ1v) is 7.90. The summed E-state index contributed by atoms with van der Waals surface area (Å²) in [6.45, 7) is 6.54. The van der Waals surface area contributed by atoms with E-state index < -0.39 is 0 Å². The van der Waals surface area contributed by atoms with Crippen molar-refractivity contribution in [1.82, 2.24) is 9.78 Å². The number of halogens is 2. The fourth-order valence-electron chi connectivity index (χ4n) is 2.40. The van der Waals surface area contributed by atoms with E-state index in [-0.39, 0.29) is 5.97 Å². The van der Waals surface area contributed by atoms with Crippen molar-refractivity contribution in [3.63, 3.8) is 0 Å². The van der Waals surface area contributed by atoms with Crippen LogP contribution in [0.1, 0.15) is 41.2 Å². The maximum absolute atomic E-state index is 12.2. The van der Waals surface area contributed by atoms with Crippen molar-refractivity contribution in [2.45, 2.75) is 33.7 Å². The normalized spacial score (nSPS) is 10.8. The van der Waals surface area contributed by atoms with Gasteiger partial charge in [0.15, 0.2) is 0 Å². The molecule has 1 aromatic heterocycles. The third-order valence-electron chi connectivity index (χ3n) is 3.32. The molecule has 6 heteroatoms. The summed E-state index contributed by atoms with van der Waals surface area (Å²) < 4.78 is 6.83. The van der Waals surface area contributed by atoms with Gasteiger partial charge < -0.3 is 4.74 Å². The number of hydrogen-bond acceptors (Lipinski definition) is 3. The fourth-order valence-corrected chi connectivity index (χ4v) is 2.98. The van der Waals surface area contributed by atoms with Gasteiger partial charge in [0.05, 0.1) is 12.3 Å². The molecule has 118 valence electrons. The van der Waals surface area contributed by atoms with Crippen molar-refractivity contribution in [2.75, 3.05) is 6.61 Å². The van der Waals surface area contributed by atoms with Gasteiger partial charge in [-0.2, -0.15) is 5.10 Å². The second-order valence-electron chi connectivity index (χ2n) is 4.90. The summed E-state index contributed by atoms with van der Waals surface area (Å²) >= 11 is 12.1. The first-order chi connectivity index (χ1) is 10.5. The van der Waals surface area contributed by atoms with E-state index >= 15 is 0 Å². The molecule has 0 aliphatic heterocycles. The summed E-state index contributed by atoms with van der Waals surface area (Å²) in [7, 11) is 0. The number of hydrogen-bond donors (Lipinski definition) is 0. The molecule has 1 aromatic carbocycles. The fraction of sp³-hybridized carbons (Fsp3) is 0.375. The molecule has 0 aliphatic rings. The van der Waals surface area contributed by atoms with Crippen LogP contribution in [0, 0.1) is 6.92 Å². The highest BCUT2D eigenvalue weighted by molar-refractivity contribution is 6.34. The Balaban J connectivity index is 2.45. The van der Waals surface area contributed by atoms with Crippen molar-refractivity contribution in [1.29, 1.82) is 0 Å². The van der Waals surface area contributed by atoms with Gasteiger partial charge in [0.1, 0.15) is 5.69 Å². The molecule has 0 bridgehead atoms. The molecule has 0 N–H and O–H groups in total. The van der Waals surface area contributed by atoms with Crippen molar-refractivity contribution < 1.29 is 9.53 Å². The van der Waals surface area contributed by atoms with Gasteiger partial charge >= 0.3 is 5.97 Å². The molecule has 0 spiro atoms. The number of esters is 1. The molecule has 0 saturated carbocycles. The molecule has 2 rings (SSSR count). The van der Waals surface area contributed by atoms with E-state index in [1.54, 1.807) is 17.7 Å². The van der Waals surface area contributed by atoms with Gasteiger partial charge in [-0.15, -0.1) is 0 Å². The van der Waals surface area contributed by atoms with Gasteiger partial charge in [-0.1, -0.05) is 23.2 Å². The van der Waals surface area contributed by atoms with Gasteiger partial charge in [-0.3, -0.25) is 4.68 Å². The number of aryl methyl sites for hydroxylation is 2. The minimum atomic E-state index is -0.354. The highest BCUT2D eigenvalue weighted by Gasteiger charge is 2.22. The molecule has 0 amide bonds. The van der Waals surface area contributed by atoms with Gasteiger partial charge in [0.2, 0.25) is 0 Å². The first-order valence-electron chi connectivity index (χ1n) is 7.14. The van der Waals surface area contributed by atoms with Crippen LogP contribution in [0.15, 0.2) is 18.2 Å². The van der Waals surface area contributed by atoms with Gasteiger partial charge in [-0.25, -0.2) is 4.79 Å². The Bertz CT molecular complexity index is 675. The maximum atomic E-state index is 12.2. The highest BCUT2D eigenvalue weighted by Crippen LogP contribution is 2.24. The molecule has 22 heavy (non-hydrogen) atoms. The predicted molar refractivity (Wildman–Crippen MR) is 87.9 cm³/mol. The van der Waals surface area contributed by atoms with Crippen LogP contribution in [0.2, 0.25) is 10.0 Å². The summed E-state index contributed by atoms with van der Waals surface area (Å²) in [6.07, 6.45) is 0.528. The largest absolute Gasteiger partial charge is 0.461 e. The first kappa shape index (κ1) is 16.8. The van der Waals surface area contributed by atoms with E-state index in [1.807, 2.05) is 26.0 Å². The van der Waals surface area contributed by atoms with Crippen LogP contribution in [-0.4, -0.2) is 22.4 Å². The minimum absolute atomic E-state index is 0.329. The highest BCUT2D eigenvalue weighted by atomic mass is 35.5. The molecule has 0 unspecified atom stereocenters. The quantitative estimate of drug-likeness (QED) is 0.762. The average molecular weight is 341 g/mol. The van der Waals surface area contributed by atoms with Crippen LogP contribution in [-0.2, 0) is 17.7 Å². The van der Waals surface area contributed by atoms with Crippen molar-refractivity contribution >= 4 is 29.2 Å². The van der Waals surface area contributed by atoms with Crippen molar-refractivity contribution in [3.05, 3.63) is 50.8 Å². The van der Waals surface area contributed by atoms with Gasteiger partial charge in [-0.05, 0) is 44.5 Å². The number of rotatable bonds is 5. The molecule has 4 nitrogen and oxygen atoms in total. The topological polar surface area (TPSA) is 44.1 Å². The predicted octanol–water partition coefficient (Wildman–Crippen LogP) is 4.29. The number of carbonyl (C=O) groups excluding carboxylic acids is 1. The maximum Gasteiger partial charge on any atom is 0.356 e. The monoisotopic (exact) mass is 340 g/mol. The second kappa shape index (κ2) is 7.16. The molecule has 1 heterocycles. The Hall–Kier alpha value is -1.52. The number of aromatic nitrogens is 2. The number of carbonyl (C=O) groups is 1. The van der Waals surface area contributed by atoms with Crippen LogP contribution in [0.5, 0.6) is 0 Å². The zero-order chi connectivity index (χ0) is 16.3. The molecular weight excluding hydrogens is 323 g/mol. The number of benzene rings is 1. The summed E-state index contributed by atoms with van der Waals surface area (Å²) in [5.41, 5.74) is 3.08. The Morgan fingerprint density at radius 2 is 1.86 bits per heavy atom. The lowest BCUT2D eigenvalue weighted by Gasteiger charge is -2.08. The Labute approximate surface area is 140 Å². The third-order valence-corrected chi connectivity index (χ3v) is 3.76. The molecule has 0 atom stereocenters. The zero-order valence-corrected chi connectivity index (χ0v) is 14.3. The van der Waals surface area contributed by atoms with Crippen molar-refractivity contribution in [3.8, 4) is 0 Å². The molecule has 2 aromatic rings. The lowest BCUT2D eigenvalue weighted by Crippen LogP contribution is -2.14. The van der Waals surface area contributed by atoms with E-state index in [0.717, 1.165) is 16.8 Å². The van der Waals surface area contributed by atoms with Crippen molar-refractivity contribution in [2.24, 2.45) is 0 Å². The summed E-state index contributed by atoms with van der Waals surface area (Å²) in [5, 5.41) is 5.56. The Morgan fingerprint density at radius 1 is 1.23 bits per heavy atom. The second-order valence-corrected chi connectivity index (χ2v) is 5.78. The van der Waals surface area contributed by atoms with Crippen LogP contribution in [0.3, 0.4) is 0 Å². The van der Waals surface area contributed by atoms with Crippen LogP contribution < -0.4 is 0 Å². The van der Waals surface area contributed by atoms with Crippen LogP contribution >= 0.6 is 23.2 Å². The summed E-state index contributed by atoms with van der Waals surface area (Å²) in [6, 6.07) is 5.36. The van der Waals surface area contributed by atoms with E-state index in [2.05, 4.69) is 5.10 Å². The van der Waals surface area contributed by atoms with Crippen LogP contribution in [0.4, 0.5) is 0 Å². The Kier molecular flexibility index (Phi) is 5.48. The smallest absolute Gasteiger partial charge is 0.356 e. The molecule has 0 saturated heterocycles. The van der Waals surface area contributed by atoms with Gasteiger partial charge in [0.25, 0.3) is 0 Å². The average Bonchev–Trinajstić information content (AvgIpc) is 2.74. The van der Waals surface area contributed by atoms with E-state index in [4.69, 9.17) is 27.9 Å². The number of ether oxygens (including phenoxy) is 1. The lowest BCUT2D eigenvalue weighted by molar-refractivity contribution is 0.0511. The summed E-state index contributed by atoms with van der Waals surface area (Å²) in [4.78, 5) is 12.2. The minimum Gasteiger partial charge on any atom is -0.461 e. The van der Waals surface area contributed by atoms with E-state index in [9.17, 15) is 4.79 Å². The molecule has 0 radical (unpaired) electrons. The van der Waals surface area contributed by atoms with E-state index in [0.29, 0.717) is 35.3 Å². The summed E-state index contributed by atoms with van der Waals surface area (Å²) in [5.74, 6) is -0.354. The zero-order valence-electron chi connectivity index (χ0n) is 12.8. The van der Waals surface area contributed by atoms with Gasteiger partial charge in [0, 0.05) is 28.6 Å². The molecular formula is C16H18Cl2N2O2. The van der Waals surface area contributed by atoms with Crippen LogP contribution in [0.25, 0.3) is 0 Å². The lowest BCUT2D eigenvalue weighted by atomic mass is 10.0. The van der Waals surface area contributed by atoms with E-state index in [1.165, 1.54) is 0 Å². The number of nitrogens with zero attached hydrogens (tertiary/aromatic N) is 2. The third kappa shape index (κ3) is 3.62. The molecule has 0 fully saturated rings. The molecule has 0 aliphatic carbocycles. The SMILES string of the molecule is CCOC(=O)c1c(Cc2cc(Cl)cc(Cl)c2)c(C)nn1CC.